The van der Waals surface area contributed by atoms with Crippen LogP contribution in [0, 0.1) is 21.4 Å². The van der Waals surface area contributed by atoms with E-state index in [1.165, 1.54) is 18.2 Å². The van der Waals surface area contributed by atoms with Crippen LogP contribution in [0.3, 0.4) is 0 Å². The summed E-state index contributed by atoms with van der Waals surface area (Å²) >= 11 is 0. The minimum atomic E-state index is -0.442. The molecule has 2 rings (SSSR count). The molecule has 0 amide bonds. The second kappa shape index (κ2) is 5.24. The van der Waals surface area contributed by atoms with Gasteiger partial charge in [0, 0.05) is 18.2 Å². The summed E-state index contributed by atoms with van der Waals surface area (Å²) in [6.07, 6.45) is 3.93. The lowest BCUT2D eigenvalue weighted by atomic mass is 9.97. The van der Waals surface area contributed by atoms with Gasteiger partial charge in [0.2, 0.25) is 0 Å². The molecular formula is C13H16N4O2. The number of rotatable bonds is 4. The lowest BCUT2D eigenvalue weighted by molar-refractivity contribution is -0.384. The highest BCUT2D eigenvalue weighted by Gasteiger charge is 2.34. The Morgan fingerprint density at radius 3 is 2.68 bits per heavy atom. The van der Waals surface area contributed by atoms with Crippen molar-refractivity contribution in [3.05, 3.63) is 33.9 Å². The number of nitro groups is 1. The van der Waals surface area contributed by atoms with E-state index in [0.717, 1.165) is 25.7 Å². The Bertz CT molecular complexity index is 530. The minimum absolute atomic E-state index is 0.0151. The molecule has 0 aliphatic heterocycles. The van der Waals surface area contributed by atoms with E-state index in [2.05, 4.69) is 5.32 Å². The van der Waals surface area contributed by atoms with Gasteiger partial charge in [0.05, 0.1) is 16.6 Å². The van der Waals surface area contributed by atoms with E-state index < -0.39 is 4.92 Å². The van der Waals surface area contributed by atoms with Gasteiger partial charge in [-0.05, 0) is 25.0 Å². The summed E-state index contributed by atoms with van der Waals surface area (Å²) in [6.45, 7) is 0.431. The first-order valence-corrected chi connectivity index (χ1v) is 6.27. The van der Waals surface area contributed by atoms with Gasteiger partial charge in [0.1, 0.15) is 5.69 Å². The zero-order valence-electron chi connectivity index (χ0n) is 10.6. The van der Waals surface area contributed by atoms with Crippen LogP contribution in [0.25, 0.3) is 0 Å². The fourth-order valence-corrected chi connectivity index (χ4v) is 2.58. The monoisotopic (exact) mass is 260 g/mol. The number of nitrogens with two attached hydrogens (primary N) is 1. The zero-order valence-corrected chi connectivity index (χ0v) is 10.6. The molecule has 3 N–H and O–H groups in total. The molecule has 0 bridgehead atoms. The third kappa shape index (κ3) is 2.66. The molecule has 1 aliphatic carbocycles. The molecule has 0 saturated heterocycles. The maximum absolute atomic E-state index is 11.0. The zero-order chi connectivity index (χ0) is 13.9. The van der Waals surface area contributed by atoms with Gasteiger partial charge >= 0.3 is 0 Å². The molecule has 0 aromatic heterocycles. The summed E-state index contributed by atoms with van der Waals surface area (Å²) in [5, 5.41) is 23.2. The van der Waals surface area contributed by atoms with Crippen molar-refractivity contribution in [2.24, 2.45) is 5.73 Å². The smallest absolute Gasteiger partial charge is 0.292 e. The number of benzene rings is 1. The SMILES string of the molecule is N#Cc1ccc([N+](=O)[O-])c(NC2(CN)CCCC2)c1. The summed E-state index contributed by atoms with van der Waals surface area (Å²) in [7, 11) is 0. The molecule has 1 aromatic rings. The fraction of sp³-hybridized carbons (Fsp3) is 0.462. The van der Waals surface area contributed by atoms with Crippen LogP contribution in [0.5, 0.6) is 0 Å². The highest BCUT2D eigenvalue weighted by atomic mass is 16.6. The molecule has 1 saturated carbocycles. The minimum Gasteiger partial charge on any atom is -0.373 e. The summed E-state index contributed by atoms with van der Waals surface area (Å²) in [4.78, 5) is 10.6. The molecule has 0 atom stereocenters. The highest BCUT2D eigenvalue weighted by Crippen LogP contribution is 2.35. The highest BCUT2D eigenvalue weighted by molar-refractivity contribution is 5.65. The number of nitrogens with one attached hydrogen (secondary N) is 1. The topological polar surface area (TPSA) is 105 Å². The molecule has 0 radical (unpaired) electrons. The van der Waals surface area contributed by atoms with Crippen LogP contribution >= 0.6 is 0 Å². The van der Waals surface area contributed by atoms with E-state index in [4.69, 9.17) is 11.0 Å². The van der Waals surface area contributed by atoms with E-state index >= 15 is 0 Å². The number of hydrogen-bond acceptors (Lipinski definition) is 5. The number of hydrogen-bond donors (Lipinski definition) is 2. The van der Waals surface area contributed by atoms with Crippen LogP contribution < -0.4 is 11.1 Å². The quantitative estimate of drug-likeness (QED) is 0.637. The van der Waals surface area contributed by atoms with Crippen molar-refractivity contribution in [2.75, 3.05) is 11.9 Å². The maximum atomic E-state index is 11.0. The van der Waals surface area contributed by atoms with E-state index in [9.17, 15) is 10.1 Å². The van der Waals surface area contributed by atoms with Crippen molar-refractivity contribution in [3.63, 3.8) is 0 Å². The third-order valence-corrected chi connectivity index (χ3v) is 3.67. The second-order valence-corrected chi connectivity index (χ2v) is 4.92. The molecule has 1 aromatic carbocycles. The van der Waals surface area contributed by atoms with Gasteiger partial charge in [0.25, 0.3) is 5.69 Å². The fourth-order valence-electron chi connectivity index (χ4n) is 2.58. The largest absolute Gasteiger partial charge is 0.373 e. The van der Waals surface area contributed by atoms with E-state index in [1.807, 2.05) is 6.07 Å². The predicted octanol–water partition coefficient (Wildman–Crippen LogP) is 2.15. The molecule has 0 unspecified atom stereocenters. The summed E-state index contributed by atoms with van der Waals surface area (Å²) in [5.41, 5.74) is 6.31. The normalized spacial score (nSPS) is 16.8. The predicted molar refractivity (Wildman–Crippen MR) is 71.7 cm³/mol. The average Bonchev–Trinajstić information content (AvgIpc) is 2.87. The Labute approximate surface area is 111 Å². The first-order chi connectivity index (χ1) is 9.10. The van der Waals surface area contributed by atoms with Crippen molar-refractivity contribution < 1.29 is 4.92 Å². The van der Waals surface area contributed by atoms with Gasteiger partial charge in [-0.3, -0.25) is 10.1 Å². The molecule has 1 aliphatic rings. The number of nitro benzene ring substituents is 1. The number of anilines is 1. The van der Waals surface area contributed by atoms with E-state index in [1.54, 1.807) is 0 Å². The molecule has 6 nitrogen and oxygen atoms in total. The molecule has 0 heterocycles. The summed E-state index contributed by atoms with van der Waals surface area (Å²) in [5.74, 6) is 0. The van der Waals surface area contributed by atoms with Gasteiger partial charge in [-0.15, -0.1) is 0 Å². The van der Waals surface area contributed by atoms with Gasteiger partial charge in [-0.25, -0.2) is 0 Å². The average molecular weight is 260 g/mol. The van der Waals surface area contributed by atoms with Crippen molar-refractivity contribution in [2.45, 2.75) is 31.2 Å². The Balaban J connectivity index is 2.37. The van der Waals surface area contributed by atoms with Crippen LogP contribution in [0.1, 0.15) is 31.2 Å². The van der Waals surface area contributed by atoms with Crippen molar-refractivity contribution in [1.29, 1.82) is 5.26 Å². The van der Waals surface area contributed by atoms with Gasteiger partial charge in [0.15, 0.2) is 0 Å². The molecule has 0 spiro atoms. The van der Waals surface area contributed by atoms with Crippen molar-refractivity contribution >= 4 is 11.4 Å². The van der Waals surface area contributed by atoms with Gasteiger partial charge in [-0.2, -0.15) is 5.26 Å². The summed E-state index contributed by atoms with van der Waals surface area (Å²) in [6, 6.07) is 6.33. The Morgan fingerprint density at radius 1 is 1.47 bits per heavy atom. The van der Waals surface area contributed by atoms with Crippen molar-refractivity contribution in [1.82, 2.24) is 0 Å². The third-order valence-electron chi connectivity index (χ3n) is 3.67. The molecule has 100 valence electrons. The first kappa shape index (κ1) is 13.3. The molecule has 19 heavy (non-hydrogen) atoms. The standard InChI is InChI=1S/C13H16N4O2/c14-8-10-3-4-12(17(18)19)11(7-10)16-13(9-15)5-1-2-6-13/h3-4,7,16H,1-2,5-6,9,15H2. The van der Waals surface area contributed by atoms with Crippen LogP contribution in [0.4, 0.5) is 11.4 Å². The number of nitrogens with zero attached hydrogens (tertiary/aromatic N) is 2. The van der Waals surface area contributed by atoms with E-state index in [0.29, 0.717) is 17.8 Å². The van der Waals surface area contributed by atoms with Gasteiger partial charge in [-0.1, -0.05) is 12.8 Å². The first-order valence-electron chi connectivity index (χ1n) is 6.27. The lowest BCUT2D eigenvalue weighted by Crippen LogP contribution is -2.42. The molecule has 1 fully saturated rings. The van der Waals surface area contributed by atoms with Gasteiger partial charge < -0.3 is 11.1 Å². The van der Waals surface area contributed by atoms with Crippen LogP contribution in [-0.4, -0.2) is 17.0 Å². The van der Waals surface area contributed by atoms with Crippen LogP contribution in [-0.2, 0) is 0 Å². The maximum Gasteiger partial charge on any atom is 0.292 e. The van der Waals surface area contributed by atoms with E-state index in [-0.39, 0.29) is 11.2 Å². The Kier molecular flexibility index (Phi) is 3.67. The lowest BCUT2D eigenvalue weighted by Gasteiger charge is -2.29. The number of nitriles is 1. The Morgan fingerprint density at radius 2 is 2.16 bits per heavy atom. The Hall–Kier alpha value is -2.13. The van der Waals surface area contributed by atoms with Crippen LogP contribution in [0.2, 0.25) is 0 Å². The van der Waals surface area contributed by atoms with Crippen molar-refractivity contribution in [3.8, 4) is 6.07 Å². The molecule has 6 heteroatoms. The second-order valence-electron chi connectivity index (χ2n) is 4.92. The molecular weight excluding hydrogens is 244 g/mol. The van der Waals surface area contributed by atoms with Crippen LogP contribution in [0.15, 0.2) is 18.2 Å². The summed E-state index contributed by atoms with van der Waals surface area (Å²) < 4.78 is 0.